The summed E-state index contributed by atoms with van der Waals surface area (Å²) in [5.41, 5.74) is 2.47. The van der Waals surface area contributed by atoms with Crippen LogP contribution >= 0.6 is 0 Å². The number of hydrogen-bond acceptors (Lipinski definition) is 4. The zero-order chi connectivity index (χ0) is 17.3. The van der Waals surface area contributed by atoms with Crippen LogP contribution in [0.1, 0.15) is 44.1 Å². The Hall–Kier alpha value is -1.66. The lowest BCUT2D eigenvalue weighted by Gasteiger charge is -2.24. The molecule has 1 aliphatic heterocycles. The van der Waals surface area contributed by atoms with Crippen molar-refractivity contribution < 1.29 is 0 Å². The van der Waals surface area contributed by atoms with Crippen molar-refractivity contribution in [1.82, 2.24) is 29.5 Å². The molecular weight excluding hydrogens is 300 g/mol. The summed E-state index contributed by atoms with van der Waals surface area (Å²) in [6.07, 6.45) is 6.94. The third kappa shape index (κ3) is 3.70. The predicted octanol–water partition coefficient (Wildman–Crippen LogP) is 1.82. The number of likely N-dealkylation sites (tertiary alicyclic amines) is 1. The van der Waals surface area contributed by atoms with Crippen LogP contribution in [0.15, 0.2) is 24.8 Å². The molecule has 3 atom stereocenters. The zero-order valence-electron chi connectivity index (χ0n) is 15.5. The maximum atomic E-state index is 4.67. The Balaban J connectivity index is 1.63. The molecule has 0 saturated carbocycles. The molecule has 24 heavy (non-hydrogen) atoms. The second kappa shape index (κ2) is 7.07. The Morgan fingerprint density at radius 3 is 2.67 bits per heavy atom. The Morgan fingerprint density at radius 1 is 1.25 bits per heavy atom. The molecular formula is C18H30N6. The van der Waals surface area contributed by atoms with E-state index in [2.05, 4.69) is 72.0 Å². The molecule has 3 heterocycles. The SMILES string of the molecule is CC(Cc1ccn(C(C)C)n1)N[C@@H]1CN(C)C[C@H]1c1cncn1C. The highest BCUT2D eigenvalue weighted by molar-refractivity contribution is 5.14. The molecule has 1 aliphatic rings. The number of rotatable bonds is 6. The van der Waals surface area contributed by atoms with E-state index in [1.54, 1.807) is 0 Å². The molecule has 1 N–H and O–H groups in total. The van der Waals surface area contributed by atoms with Gasteiger partial charge in [0.05, 0.1) is 12.0 Å². The van der Waals surface area contributed by atoms with Crippen molar-refractivity contribution in [3.8, 4) is 0 Å². The fourth-order valence-corrected chi connectivity index (χ4v) is 3.71. The summed E-state index contributed by atoms with van der Waals surface area (Å²) < 4.78 is 4.18. The molecule has 0 spiro atoms. The van der Waals surface area contributed by atoms with Crippen LogP contribution in [0.2, 0.25) is 0 Å². The van der Waals surface area contributed by atoms with E-state index in [4.69, 9.17) is 0 Å². The maximum absolute atomic E-state index is 4.67. The molecule has 2 aromatic heterocycles. The summed E-state index contributed by atoms with van der Waals surface area (Å²) >= 11 is 0. The van der Waals surface area contributed by atoms with Gasteiger partial charge in [-0.1, -0.05) is 0 Å². The van der Waals surface area contributed by atoms with E-state index in [-0.39, 0.29) is 0 Å². The molecule has 0 radical (unpaired) electrons. The van der Waals surface area contributed by atoms with E-state index in [0.29, 0.717) is 24.0 Å². The van der Waals surface area contributed by atoms with Crippen molar-refractivity contribution in [3.05, 3.63) is 36.2 Å². The highest BCUT2D eigenvalue weighted by Gasteiger charge is 2.34. The molecule has 6 nitrogen and oxygen atoms in total. The molecule has 6 heteroatoms. The van der Waals surface area contributed by atoms with Crippen LogP contribution in [0.25, 0.3) is 0 Å². The number of nitrogens with zero attached hydrogens (tertiary/aromatic N) is 5. The summed E-state index contributed by atoms with van der Waals surface area (Å²) in [7, 11) is 4.28. The van der Waals surface area contributed by atoms with E-state index in [1.165, 1.54) is 5.69 Å². The molecule has 2 aromatic rings. The van der Waals surface area contributed by atoms with Gasteiger partial charge in [-0.05, 0) is 33.9 Å². The van der Waals surface area contributed by atoms with Gasteiger partial charge < -0.3 is 14.8 Å². The summed E-state index contributed by atoms with van der Waals surface area (Å²) in [6.45, 7) is 8.72. The fraction of sp³-hybridized carbons (Fsp3) is 0.667. The first-order valence-electron chi connectivity index (χ1n) is 8.89. The van der Waals surface area contributed by atoms with Crippen molar-refractivity contribution in [2.45, 2.75) is 51.2 Å². The monoisotopic (exact) mass is 330 g/mol. The predicted molar refractivity (Wildman–Crippen MR) is 96.1 cm³/mol. The van der Waals surface area contributed by atoms with Gasteiger partial charge in [0.25, 0.3) is 0 Å². The van der Waals surface area contributed by atoms with Gasteiger partial charge in [0.15, 0.2) is 0 Å². The normalized spacial score (nSPS) is 23.2. The Kier molecular flexibility index (Phi) is 5.06. The van der Waals surface area contributed by atoms with Crippen LogP contribution in [0.5, 0.6) is 0 Å². The number of hydrogen-bond donors (Lipinski definition) is 1. The van der Waals surface area contributed by atoms with Gasteiger partial charge in [-0.3, -0.25) is 4.68 Å². The second-order valence-electron chi connectivity index (χ2n) is 7.52. The minimum absolute atomic E-state index is 0.396. The van der Waals surface area contributed by atoms with Gasteiger partial charge in [0, 0.05) is 68.7 Å². The van der Waals surface area contributed by atoms with Crippen LogP contribution in [-0.4, -0.2) is 56.5 Å². The van der Waals surface area contributed by atoms with Gasteiger partial charge in [-0.2, -0.15) is 5.10 Å². The van der Waals surface area contributed by atoms with Crippen molar-refractivity contribution in [2.75, 3.05) is 20.1 Å². The van der Waals surface area contributed by atoms with E-state index in [0.717, 1.165) is 25.2 Å². The average molecular weight is 330 g/mol. The average Bonchev–Trinajstić information content (AvgIpc) is 3.20. The lowest BCUT2D eigenvalue weighted by Crippen LogP contribution is -2.42. The first-order valence-corrected chi connectivity index (χ1v) is 8.89. The van der Waals surface area contributed by atoms with E-state index >= 15 is 0 Å². The van der Waals surface area contributed by atoms with Crippen molar-refractivity contribution in [3.63, 3.8) is 0 Å². The Morgan fingerprint density at radius 2 is 2.04 bits per heavy atom. The Labute approximate surface area is 144 Å². The topological polar surface area (TPSA) is 50.9 Å². The van der Waals surface area contributed by atoms with Crippen LogP contribution in [-0.2, 0) is 13.5 Å². The molecule has 132 valence electrons. The van der Waals surface area contributed by atoms with Gasteiger partial charge in [-0.25, -0.2) is 4.98 Å². The minimum atomic E-state index is 0.396. The van der Waals surface area contributed by atoms with E-state index in [9.17, 15) is 0 Å². The summed E-state index contributed by atoms with van der Waals surface area (Å²) in [5, 5.41) is 8.50. The summed E-state index contributed by atoms with van der Waals surface area (Å²) in [6, 6.07) is 3.40. The van der Waals surface area contributed by atoms with Crippen LogP contribution in [0, 0.1) is 0 Å². The van der Waals surface area contributed by atoms with Gasteiger partial charge >= 0.3 is 0 Å². The smallest absolute Gasteiger partial charge is 0.0945 e. The molecule has 3 rings (SSSR count). The van der Waals surface area contributed by atoms with Crippen LogP contribution < -0.4 is 5.32 Å². The number of nitrogens with one attached hydrogen (secondary N) is 1. The standard InChI is InChI=1S/C18H30N6/c1-13(2)24-7-6-15(21-24)8-14(3)20-17-11-22(4)10-16(17)18-9-19-12-23(18)5/h6-7,9,12-14,16-17,20H,8,10-11H2,1-5H3/t14?,16-,17-/m1/s1. The lowest BCUT2D eigenvalue weighted by molar-refractivity contribution is 0.383. The third-order valence-corrected chi connectivity index (χ3v) is 4.94. The number of aryl methyl sites for hydroxylation is 1. The molecule has 0 aliphatic carbocycles. The molecule has 1 unspecified atom stereocenters. The molecule has 1 saturated heterocycles. The third-order valence-electron chi connectivity index (χ3n) is 4.94. The van der Waals surface area contributed by atoms with Gasteiger partial charge in [-0.15, -0.1) is 0 Å². The van der Waals surface area contributed by atoms with E-state index < -0.39 is 0 Å². The summed E-state index contributed by atoms with van der Waals surface area (Å²) in [5.74, 6) is 0.484. The largest absolute Gasteiger partial charge is 0.337 e. The van der Waals surface area contributed by atoms with Crippen molar-refractivity contribution in [2.24, 2.45) is 7.05 Å². The minimum Gasteiger partial charge on any atom is -0.337 e. The fourth-order valence-electron chi connectivity index (χ4n) is 3.71. The number of imidazole rings is 1. The first kappa shape index (κ1) is 17.2. The number of aromatic nitrogens is 4. The van der Waals surface area contributed by atoms with Crippen LogP contribution in [0.3, 0.4) is 0 Å². The highest BCUT2D eigenvalue weighted by Crippen LogP contribution is 2.26. The second-order valence-corrected chi connectivity index (χ2v) is 7.52. The van der Waals surface area contributed by atoms with Crippen LogP contribution in [0.4, 0.5) is 0 Å². The van der Waals surface area contributed by atoms with Crippen molar-refractivity contribution in [1.29, 1.82) is 0 Å². The van der Waals surface area contributed by atoms with Gasteiger partial charge in [0.1, 0.15) is 0 Å². The summed E-state index contributed by atoms with van der Waals surface area (Å²) in [4.78, 5) is 6.69. The molecule has 1 fully saturated rings. The van der Waals surface area contributed by atoms with E-state index in [1.807, 2.05) is 17.2 Å². The zero-order valence-corrected chi connectivity index (χ0v) is 15.5. The van der Waals surface area contributed by atoms with Gasteiger partial charge in [0.2, 0.25) is 0 Å². The quantitative estimate of drug-likeness (QED) is 0.878. The van der Waals surface area contributed by atoms with Crippen molar-refractivity contribution >= 4 is 0 Å². The highest BCUT2D eigenvalue weighted by atomic mass is 15.3. The maximum Gasteiger partial charge on any atom is 0.0945 e. The lowest BCUT2D eigenvalue weighted by atomic mass is 9.98. The first-order chi connectivity index (χ1) is 11.4. The Bertz CT molecular complexity index is 658. The molecule has 0 bridgehead atoms. The number of likely N-dealkylation sites (N-methyl/N-ethyl adjacent to an activating group) is 1. The molecule has 0 amide bonds. The molecule has 0 aromatic carbocycles.